The van der Waals surface area contributed by atoms with Gasteiger partial charge in [-0.15, -0.1) is 10.2 Å². The number of benzene rings is 1. The van der Waals surface area contributed by atoms with Crippen molar-refractivity contribution < 1.29 is 9.18 Å². The van der Waals surface area contributed by atoms with Crippen LogP contribution in [0.25, 0.3) is 11.4 Å². The van der Waals surface area contributed by atoms with Crippen molar-refractivity contribution >= 4 is 34.5 Å². The van der Waals surface area contributed by atoms with Gasteiger partial charge in [-0.05, 0) is 34.9 Å². The number of thiophene rings is 1. The summed E-state index contributed by atoms with van der Waals surface area (Å²) in [7, 11) is 0. The van der Waals surface area contributed by atoms with E-state index in [1.54, 1.807) is 0 Å². The fourth-order valence-electron chi connectivity index (χ4n) is 1.72. The van der Waals surface area contributed by atoms with Crippen molar-refractivity contribution in [2.75, 3.05) is 5.32 Å². The molecule has 1 amide bonds. The Kier molecular flexibility index (Phi) is 4.12. The molecule has 0 bridgehead atoms. The highest BCUT2D eigenvalue weighted by molar-refractivity contribution is 7.08. The quantitative estimate of drug-likeness (QED) is 0.794. The molecule has 0 atom stereocenters. The molecule has 0 spiro atoms. The second-order valence-electron chi connectivity index (χ2n) is 4.33. The number of tetrazole rings is 1. The van der Waals surface area contributed by atoms with Crippen LogP contribution in [0.1, 0.15) is 0 Å². The second kappa shape index (κ2) is 6.20. The lowest BCUT2D eigenvalue weighted by Crippen LogP contribution is -2.20. The molecule has 6 nitrogen and oxygen atoms in total. The van der Waals surface area contributed by atoms with Crippen LogP contribution in [-0.4, -0.2) is 26.1 Å². The summed E-state index contributed by atoms with van der Waals surface area (Å²) >= 11 is 7.18. The minimum atomic E-state index is -0.544. The molecule has 0 fully saturated rings. The van der Waals surface area contributed by atoms with Gasteiger partial charge in [0.15, 0.2) is 0 Å². The number of nitrogens with one attached hydrogen (secondary N) is 1. The van der Waals surface area contributed by atoms with Gasteiger partial charge in [-0.25, -0.2) is 4.39 Å². The number of anilines is 1. The van der Waals surface area contributed by atoms with Crippen molar-refractivity contribution in [3.63, 3.8) is 0 Å². The molecule has 0 unspecified atom stereocenters. The molecule has 22 heavy (non-hydrogen) atoms. The molecule has 0 saturated heterocycles. The van der Waals surface area contributed by atoms with E-state index in [4.69, 9.17) is 11.6 Å². The van der Waals surface area contributed by atoms with Crippen molar-refractivity contribution in [2.45, 2.75) is 6.54 Å². The maximum absolute atomic E-state index is 13.0. The van der Waals surface area contributed by atoms with Crippen LogP contribution < -0.4 is 5.32 Å². The van der Waals surface area contributed by atoms with E-state index in [1.165, 1.54) is 34.3 Å². The molecule has 2 aromatic heterocycles. The topological polar surface area (TPSA) is 72.7 Å². The monoisotopic (exact) mass is 337 g/mol. The molecule has 3 aromatic rings. The number of rotatable bonds is 4. The third-order valence-electron chi connectivity index (χ3n) is 2.72. The molecule has 0 aliphatic rings. The molecule has 2 heterocycles. The van der Waals surface area contributed by atoms with Gasteiger partial charge in [-0.1, -0.05) is 11.6 Å². The maximum atomic E-state index is 13.0. The van der Waals surface area contributed by atoms with Crippen LogP contribution in [0.3, 0.4) is 0 Å². The highest BCUT2D eigenvalue weighted by atomic mass is 35.5. The molecule has 0 aliphatic carbocycles. The Morgan fingerprint density at radius 2 is 2.27 bits per heavy atom. The van der Waals surface area contributed by atoms with Crippen LogP contribution in [0.2, 0.25) is 5.02 Å². The minimum absolute atomic E-state index is 0.0589. The summed E-state index contributed by atoms with van der Waals surface area (Å²) < 4.78 is 13.0. The summed E-state index contributed by atoms with van der Waals surface area (Å²) in [4.78, 5) is 13.1. The minimum Gasteiger partial charge on any atom is -0.324 e. The first kappa shape index (κ1) is 14.6. The SMILES string of the molecule is O=C(Cn1nnc(-c2ccsc2)n1)Nc1ccc(F)c(Cl)c1. The maximum Gasteiger partial charge on any atom is 0.248 e. The number of aromatic nitrogens is 4. The van der Waals surface area contributed by atoms with Crippen LogP contribution in [0.5, 0.6) is 0 Å². The lowest BCUT2D eigenvalue weighted by atomic mass is 10.3. The molecule has 9 heteroatoms. The summed E-state index contributed by atoms with van der Waals surface area (Å²) in [6.07, 6.45) is 0. The molecule has 0 radical (unpaired) electrons. The van der Waals surface area contributed by atoms with Crippen molar-refractivity contribution in [2.24, 2.45) is 0 Å². The Bertz CT molecular complexity index is 805. The zero-order valence-corrected chi connectivity index (χ0v) is 12.6. The summed E-state index contributed by atoms with van der Waals surface area (Å²) in [5, 5.41) is 18.1. The van der Waals surface area contributed by atoms with Crippen molar-refractivity contribution in [1.82, 2.24) is 20.2 Å². The van der Waals surface area contributed by atoms with Gasteiger partial charge in [0.25, 0.3) is 0 Å². The Balaban J connectivity index is 1.65. The first-order valence-corrected chi connectivity index (χ1v) is 7.49. The summed E-state index contributed by atoms with van der Waals surface area (Å²) in [6, 6.07) is 5.80. The van der Waals surface area contributed by atoms with E-state index >= 15 is 0 Å². The van der Waals surface area contributed by atoms with Gasteiger partial charge < -0.3 is 5.32 Å². The zero-order valence-electron chi connectivity index (χ0n) is 11.0. The number of halogens is 2. The number of amides is 1. The van der Waals surface area contributed by atoms with Gasteiger partial charge in [0.2, 0.25) is 11.7 Å². The van der Waals surface area contributed by atoms with Gasteiger partial charge in [0, 0.05) is 16.6 Å². The summed E-state index contributed by atoms with van der Waals surface area (Å²) in [5.74, 6) is -0.450. The molecule has 0 saturated carbocycles. The molecule has 112 valence electrons. The van der Waals surface area contributed by atoms with E-state index in [0.717, 1.165) is 5.56 Å². The molecule has 0 aliphatic heterocycles. The van der Waals surface area contributed by atoms with Crippen molar-refractivity contribution in [1.29, 1.82) is 0 Å². The highest BCUT2D eigenvalue weighted by Crippen LogP contribution is 2.19. The van der Waals surface area contributed by atoms with Gasteiger partial charge in [0.05, 0.1) is 5.02 Å². The highest BCUT2D eigenvalue weighted by Gasteiger charge is 2.10. The average molecular weight is 338 g/mol. The zero-order chi connectivity index (χ0) is 15.5. The fraction of sp³-hybridized carbons (Fsp3) is 0.0769. The Hall–Kier alpha value is -2.32. The average Bonchev–Trinajstić information content (AvgIpc) is 3.13. The summed E-state index contributed by atoms with van der Waals surface area (Å²) in [5.41, 5.74) is 1.25. The van der Waals surface area contributed by atoms with Gasteiger partial charge in [-0.2, -0.15) is 16.1 Å². The molecule has 1 aromatic carbocycles. The van der Waals surface area contributed by atoms with E-state index < -0.39 is 5.82 Å². The lowest BCUT2D eigenvalue weighted by Gasteiger charge is -2.05. The first-order valence-electron chi connectivity index (χ1n) is 6.17. The van der Waals surface area contributed by atoms with Crippen molar-refractivity contribution in [3.05, 3.63) is 45.9 Å². The normalized spacial score (nSPS) is 10.6. The third kappa shape index (κ3) is 3.29. The van der Waals surface area contributed by atoms with Crippen LogP contribution in [0.15, 0.2) is 35.0 Å². The second-order valence-corrected chi connectivity index (χ2v) is 5.52. The summed E-state index contributed by atoms with van der Waals surface area (Å²) in [6.45, 7) is -0.105. The molecular formula is C13H9ClFN5OS. The number of carbonyl (C=O) groups excluding carboxylic acids is 1. The number of carbonyl (C=O) groups is 1. The largest absolute Gasteiger partial charge is 0.324 e. The third-order valence-corrected chi connectivity index (χ3v) is 3.69. The van der Waals surface area contributed by atoms with Gasteiger partial charge in [-0.3, -0.25) is 4.79 Å². The Morgan fingerprint density at radius 3 is 3.00 bits per heavy atom. The standard InChI is InChI=1S/C13H9ClFN5OS/c14-10-5-9(1-2-11(10)15)16-12(21)6-20-18-13(17-19-20)8-3-4-22-7-8/h1-5,7H,6H2,(H,16,21). The Morgan fingerprint density at radius 1 is 1.41 bits per heavy atom. The predicted molar refractivity (Wildman–Crippen MR) is 81.2 cm³/mol. The van der Waals surface area contributed by atoms with E-state index in [2.05, 4.69) is 20.7 Å². The van der Waals surface area contributed by atoms with E-state index in [-0.39, 0.29) is 17.5 Å². The Labute approximate surface area is 133 Å². The number of hydrogen-bond donors (Lipinski definition) is 1. The van der Waals surface area contributed by atoms with Crippen molar-refractivity contribution in [3.8, 4) is 11.4 Å². The van der Waals surface area contributed by atoms with Crippen LogP contribution in [0, 0.1) is 5.82 Å². The molecular weight excluding hydrogens is 329 g/mol. The van der Waals surface area contributed by atoms with Crippen LogP contribution in [0.4, 0.5) is 10.1 Å². The van der Waals surface area contributed by atoms with E-state index in [0.29, 0.717) is 11.5 Å². The molecule has 3 rings (SSSR count). The van der Waals surface area contributed by atoms with E-state index in [1.807, 2.05) is 16.8 Å². The first-order chi connectivity index (χ1) is 10.6. The fourth-order valence-corrected chi connectivity index (χ4v) is 2.54. The lowest BCUT2D eigenvalue weighted by molar-refractivity contribution is -0.117. The van der Waals surface area contributed by atoms with Crippen LogP contribution in [-0.2, 0) is 11.3 Å². The molecule has 1 N–H and O–H groups in total. The predicted octanol–water partition coefficient (Wildman–Crippen LogP) is 2.83. The van der Waals surface area contributed by atoms with E-state index in [9.17, 15) is 9.18 Å². The smallest absolute Gasteiger partial charge is 0.248 e. The number of nitrogens with zero attached hydrogens (tertiary/aromatic N) is 4. The number of hydrogen-bond acceptors (Lipinski definition) is 5. The van der Waals surface area contributed by atoms with Crippen LogP contribution >= 0.6 is 22.9 Å². The van der Waals surface area contributed by atoms with Gasteiger partial charge >= 0.3 is 0 Å². The van der Waals surface area contributed by atoms with Gasteiger partial charge in [0.1, 0.15) is 12.4 Å².